The first-order valence-electron chi connectivity index (χ1n) is 10.6. The quantitative estimate of drug-likeness (QED) is 0.261. The third-order valence-corrected chi connectivity index (χ3v) is 5.13. The summed E-state index contributed by atoms with van der Waals surface area (Å²) < 4.78 is 31.7. The number of ether oxygens (including phenoxy) is 1. The second-order valence-electron chi connectivity index (χ2n) is 7.55. The van der Waals surface area contributed by atoms with Gasteiger partial charge in [-0.1, -0.05) is 48.5 Å². The molecule has 0 saturated heterocycles. The third-order valence-electron chi connectivity index (χ3n) is 5.13. The van der Waals surface area contributed by atoms with E-state index in [-0.39, 0.29) is 17.0 Å². The molecule has 0 fully saturated rings. The van der Waals surface area contributed by atoms with Crippen molar-refractivity contribution in [2.75, 3.05) is 11.9 Å². The number of carbonyl (C=O) groups excluding carboxylic acids is 1. The highest BCUT2D eigenvalue weighted by atomic mass is 19.3. The van der Waals surface area contributed by atoms with Crippen molar-refractivity contribution in [3.05, 3.63) is 100 Å². The summed E-state index contributed by atoms with van der Waals surface area (Å²) in [4.78, 5) is 24.1. The maximum atomic E-state index is 13.4. The molecule has 0 aliphatic rings. The molecule has 1 N–H and O–H groups in total. The molecule has 0 aliphatic heterocycles. The fourth-order valence-corrected chi connectivity index (χ4v) is 3.59. The van der Waals surface area contributed by atoms with E-state index in [1.807, 2.05) is 60.7 Å². The van der Waals surface area contributed by atoms with Crippen molar-refractivity contribution in [1.82, 2.24) is 9.78 Å². The van der Waals surface area contributed by atoms with Crippen LogP contribution in [0, 0.1) is 17.0 Å². The van der Waals surface area contributed by atoms with Crippen LogP contribution in [0.2, 0.25) is 0 Å². The van der Waals surface area contributed by atoms with Crippen LogP contribution in [0.1, 0.15) is 16.1 Å². The lowest BCUT2D eigenvalue weighted by Crippen LogP contribution is -2.15. The molecule has 4 aromatic rings. The molecule has 1 aromatic heterocycles. The smallest absolute Gasteiger partial charge is 0.275 e. The Balaban J connectivity index is 1.75. The number of carbonyl (C=O) groups is 1. The molecule has 0 unspecified atom stereocenters. The van der Waals surface area contributed by atoms with Gasteiger partial charge in [0.1, 0.15) is 18.1 Å². The first kappa shape index (κ1) is 23.6. The molecule has 0 radical (unpaired) electrons. The molecule has 178 valence electrons. The summed E-state index contributed by atoms with van der Waals surface area (Å²) in [5.41, 5.74) is 2.30. The molecule has 4 rings (SSSR count). The number of hydrogen-bond donors (Lipinski definition) is 1. The van der Waals surface area contributed by atoms with Gasteiger partial charge in [-0.05, 0) is 19.1 Å². The van der Waals surface area contributed by atoms with Gasteiger partial charge in [0.15, 0.2) is 0 Å². The highest BCUT2D eigenvalue weighted by Gasteiger charge is 2.24. The summed E-state index contributed by atoms with van der Waals surface area (Å²) in [6.45, 7) is 0.807. The molecule has 0 aliphatic carbocycles. The van der Waals surface area contributed by atoms with Crippen LogP contribution in [-0.4, -0.2) is 33.6 Å². The Kier molecular flexibility index (Phi) is 6.81. The monoisotopic (exact) mass is 478 g/mol. The fraction of sp³-hybridized carbons (Fsp3) is 0.120. The highest BCUT2D eigenvalue weighted by Crippen LogP contribution is 2.30. The minimum atomic E-state index is -2.76. The Hall–Kier alpha value is -4.60. The number of rotatable bonds is 8. The van der Waals surface area contributed by atoms with E-state index in [2.05, 4.69) is 10.4 Å². The van der Waals surface area contributed by atoms with Crippen LogP contribution in [-0.2, 0) is 0 Å². The predicted octanol–water partition coefficient (Wildman–Crippen LogP) is 5.65. The zero-order valence-corrected chi connectivity index (χ0v) is 18.5. The number of aromatic nitrogens is 2. The highest BCUT2D eigenvalue weighted by molar-refractivity contribution is 6.09. The topological polar surface area (TPSA) is 99.3 Å². The molecule has 1 heterocycles. The SMILES string of the molecule is Cc1c(C(=O)Nc2cc(OCC(F)F)cc([N+](=O)[O-])c2)c(-c2ccccc2)nn1-c1ccccc1. The number of hydrogen-bond acceptors (Lipinski definition) is 5. The van der Waals surface area contributed by atoms with Gasteiger partial charge in [0.05, 0.1) is 33.6 Å². The number of amides is 1. The average molecular weight is 478 g/mol. The predicted molar refractivity (Wildman–Crippen MR) is 126 cm³/mol. The Morgan fingerprint density at radius 3 is 2.37 bits per heavy atom. The van der Waals surface area contributed by atoms with E-state index in [0.29, 0.717) is 17.0 Å². The maximum absolute atomic E-state index is 13.4. The van der Waals surface area contributed by atoms with Gasteiger partial charge in [-0.2, -0.15) is 5.10 Å². The molecule has 0 spiro atoms. The number of halogens is 2. The Bertz CT molecular complexity index is 1360. The van der Waals surface area contributed by atoms with E-state index in [9.17, 15) is 23.7 Å². The maximum Gasteiger partial charge on any atom is 0.275 e. The lowest BCUT2D eigenvalue weighted by atomic mass is 10.1. The zero-order chi connectivity index (χ0) is 24.9. The van der Waals surface area contributed by atoms with E-state index in [1.165, 1.54) is 6.07 Å². The molecule has 0 saturated carbocycles. The van der Waals surface area contributed by atoms with Crippen molar-refractivity contribution in [3.8, 4) is 22.7 Å². The van der Waals surface area contributed by atoms with Gasteiger partial charge in [0.25, 0.3) is 18.0 Å². The number of alkyl halides is 2. The Morgan fingerprint density at radius 2 is 1.74 bits per heavy atom. The van der Waals surface area contributed by atoms with Crippen molar-refractivity contribution >= 4 is 17.3 Å². The van der Waals surface area contributed by atoms with Crippen molar-refractivity contribution < 1.29 is 23.2 Å². The molecule has 35 heavy (non-hydrogen) atoms. The first-order chi connectivity index (χ1) is 16.8. The van der Waals surface area contributed by atoms with Crippen LogP contribution in [0.25, 0.3) is 16.9 Å². The van der Waals surface area contributed by atoms with Gasteiger partial charge in [0, 0.05) is 17.7 Å². The summed E-state index contributed by atoms with van der Waals surface area (Å²) in [5.74, 6) is -0.723. The number of nitro groups is 1. The summed E-state index contributed by atoms with van der Waals surface area (Å²) in [7, 11) is 0. The molecular weight excluding hydrogens is 458 g/mol. The standard InChI is InChI=1S/C25H20F2N4O4/c1-16-23(24(17-8-4-2-5-9-17)29-30(16)19-10-6-3-7-11-19)25(32)28-18-12-20(31(33)34)14-21(13-18)35-15-22(26)27/h2-14,22H,15H2,1H3,(H,28,32). The first-order valence-corrected chi connectivity index (χ1v) is 10.6. The van der Waals surface area contributed by atoms with Crippen LogP contribution in [0.5, 0.6) is 5.75 Å². The van der Waals surface area contributed by atoms with Crippen LogP contribution in [0.15, 0.2) is 78.9 Å². The van der Waals surface area contributed by atoms with Crippen molar-refractivity contribution in [3.63, 3.8) is 0 Å². The van der Waals surface area contributed by atoms with Gasteiger partial charge in [-0.3, -0.25) is 14.9 Å². The molecule has 1 amide bonds. The molecule has 8 nitrogen and oxygen atoms in total. The van der Waals surface area contributed by atoms with Crippen LogP contribution in [0.3, 0.4) is 0 Å². The molecule has 0 bridgehead atoms. The molecule has 3 aromatic carbocycles. The largest absolute Gasteiger partial charge is 0.487 e. The normalized spacial score (nSPS) is 10.9. The molecule has 0 atom stereocenters. The van der Waals surface area contributed by atoms with Gasteiger partial charge in [-0.25, -0.2) is 13.5 Å². The van der Waals surface area contributed by atoms with E-state index in [0.717, 1.165) is 17.8 Å². The minimum Gasteiger partial charge on any atom is -0.487 e. The van der Waals surface area contributed by atoms with E-state index in [1.54, 1.807) is 11.6 Å². The second-order valence-corrected chi connectivity index (χ2v) is 7.55. The molecular formula is C25H20F2N4O4. The third kappa shape index (κ3) is 5.32. The summed E-state index contributed by atoms with van der Waals surface area (Å²) in [6, 6.07) is 21.8. The van der Waals surface area contributed by atoms with E-state index >= 15 is 0 Å². The number of nitro benzene ring substituents is 1. The lowest BCUT2D eigenvalue weighted by molar-refractivity contribution is -0.384. The minimum absolute atomic E-state index is 0.0272. The zero-order valence-electron chi connectivity index (χ0n) is 18.5. The number of anilines is 1. The fourth-order valence-electron chi connectivity index (χ4n) is 3.59. The van der Waals surface area contributed by atoms with Crippen molar-refractivity contribution in [2.24, 2.45) is 0 Å². The summed E-state index contributed by atoms with van der Waals surface area (Å²) >= 11 is 0. The van der Waals surface area contributed by atoms with Crippen LogP contribution in [0.4, 0.5) is 20.2 Å². The van der Waals surface area contributed by atoms with E-state index in [4.69, 9.17) is 4.74 Å². The number of nitrogens with zero attached hydrogens (tertiary/aromatic N) is 3. The van der Waals surface area contributed by atoms with Gasteiger partial charge in [-0.15, -0.1) is 0 Å². The summed E-state index contributed by atoms with van der Waals surface area (Å²) in [6.07, 6.45) is -2.76. The van der Waals surface area contributed by atoms with Gasteiger partial charge in [0.2, 0.25) is 0 Å². The van der Waals surface area contributed by atoms with Crippen molar-refractivity contribution in [2.45, 2.75) is 13.3 Å². The van der Waals surface area contributed by atoms with Gasteiger partial charge >= 0.3 is 0 Å². The van der Waals surface area contributed by atoms with Gasteiger partial charge < -0.3 is 10.1 Å². The number of benzene rings is 3. The average Bonchev–Trinajstić information content (AvgIpc) is 3.21. The molecule has 10 heteroatoms. The van der Waals surface area contributed by atoms with Crippen LogP contribution < -0.4 is 10.1 Å². The number of nitrogens with one attached hydrogen (secondary N) is 1. The lowest BCUT2D eigenvalue weighted by Gasteiger charge is -2.10. The number of para-hydroxylation sites is 1. The Labute approximate surface area is 198 Å². The number of non-ortho nitro benzene ring substituents is 1. The van der Waals surface area contributed by atoms with Crippen molar-refractivity contribution in [1.29, 1.82) is 0 Å². The van der Waals surface area contributed by atoms with Crippen LogP contribution >= 0.6 is 0 Å². The summed E-state index contributed by atoms with van der Waals surface area (Å²) in [5, 5.41) is 18.6. The Morgan fingerprint density at radius 1 is 1.09 bits per heavy atom. The second kappa shape index (κ2) is 10.1. The van der Waals surface area contributed by atoms with E-state index < -0.39 is 29.6 Å².